The molecule has 132 valence electrons. The van der Waals surface area contributed by atoms with Crippen molar-refractivity contribution >= 4 is 23.6 Å². The molecule has 0 saturated heterocycles. The third kappa shape index (κ3) is 3.49. The number of nitro groups is 1. The molecule has 26 heavy (non-hydrogen) atoms. The number of Topliss-reactive ketones (excluding diaryl/α,β-unsaturated/α-hetero) is 1. The fraction of sp³-hybridized carbons (Fsp3) is 0.150. The summed E-state index contributed by atoms with van der Waals surface area (Å²) in [6.45, 7) is 0. The van der Waals surface area contributed by atoms with Gasteiger partial charge < -0.3 is 9.84 Å². The van der Waals surface area contributed by atoms with Crippen molar-refractivity contribution in [3.63, 3.8) is 0 Å². The molecule has 0 bridgehead atoms. The molecule has 6 nitrogen and oxygen atoms in total. The largest absolute Gasteiger partial charge is 0.504 e. The van der Waals surface area contributed by atoms with Crippen molar-refractivity contribution < 1.29 is 19.6 Å². The molecule has 1 aliphatic carbocycles. The molecule has 0 aliphatic heterocycles. The van der Waals surface area contributed by atoms with Crippen LogP contribution >= 0.6 is 0 Å². The lowest BCUT2D eigenvalue weighted by Gasteiger charge is -2.04. The van der Waals surface area contributed by atoms with Gasteiger partial charge in [-0.05, 0) is 48.8 Å². The minimum absolute atomic E-state index is 0.00275. The van der Waals surface area contributed by atoms with Gasteiger partial charge in [0.05, 0.1) is 17.6 Å². The SMILES string of the molecule is COc1ccc(/C=C2\CC/C(=C\c3ccccc3[N+](=O)[O-])C2=O)cc1O. The number of ketones is 1. The number of phenols is 1. The Labute approximate surface area is 150 Å². The summed E-state index contributed by atoms with van der Waals surface area (Å²) in [5.41, 5.74) is 2.25. The van der Waals surface area contributed by atoms with E-state index in [1.54, 1.807) is 42.5 Å². The lowest BCUT2D eigenvalue weighted by atomic mass is 10.1. The molecule has 0 radical (unpaired) electrons. The van der Waals surface area contributed by atoms with E-state index in [1.165, 1.54) is 19.2 Å². The number of carbonyl (C=O) groups excluding carboxylic acids is 1. The predicted molar refractivity (Wildman–Crippen MR) is 98.0 cm³/mol. The number of benzene rings is 2. The van der Waals surface area contributed by atoms with Gasteiger partial charge in [0.15, 0.2) is 17.3 Å². The fourth-order valence-electron chi connectivity index (χ4n) is 2.94. The monoisotopic (exact) mass is 351 g/mol. The van der Waals surface area contributed by atoms with Gasteiger partial charge in [-0.1, -0.05) is 18.2 Å². The third-order valence-electron chi connectivity index (χ3n) is 4.25. The number of carbonyl (C=O) groups is 1. The minimum Gasteiger partial charge on any atom is -0.504 e. The van der Waals surface area contributed by atoms with E-state index >= 15 is 0 Å². The Kier molecular flexibility index (Phi) is 4.84. The van der Waals surface area contributed by atoms with E-state index in [1.807, 2.05) is 0 Å². The summed E-state index contributed by atoms with van der Waals surface area (Å²) in [7, 11) is 1.47. The van der Waals surface area contributed by atoms with E-state index < -0.39 is 4.92 Å². The molecule has 1 saturated carbocycles. The van der Waals surface area contributed by atoms with E-state index in [4.69, 9.17) is 4.74 Å². The topological polar surface area (TPSA) is 89.7 Å². The molecule has 0 spiro atoms. The van der Waals surface area contributed by atoms with Crippen LogP contribution in [-0.2, 0) is 4.79 Å². The van der Waals surface area contributed by atoms with Gasteiger partial charge in [-0.15, -0.1) is 0 Å². The van der Waals surface area contributed by atoms with Gasteiger partial charge in [0, 0.05) is 17.2 Å². The Morgan fingerprint density at radius 2 is 1.81 bits per heavy atom. The number of para-hydroxylation sites is 1. The molecule has 0 unspecified atom stereocenters. The Hall–Kier alpha value is -3.41. The van der Waals surface area contributed by atoms with Crippen molar-refractivity contribution in [2.24, 2.45) is 0 Å². The van der Waals surface area contributed by atoms with Gasteiger partial charge >= 0.3 is 0 Å². The first-order valence-corrected chi connectivity index (χ1v) is 8.06. The first-order chi connectivity index (χ1) is 12.5. The average molecular weight is 351 g/mol. The van der Waals surface area contributed by atoms with Crippen molar-refractivity contribution in [3.05, 3.63) is 74.9 Å². The van der Waals surface area contributed by atoms with Crippen LogP contribution in [0.2, 0.25) is 0 Å². The second kappa shape index (κ2) is 7.23. The Bertz CT molecular complexity index is 943. The number of hydrogen-bond acceptors (Lipinski definition) is 5. The van der Waals surface area contributed by atoms with Crippen LogP contribution in [0.1, 0.15) is 24.0 Å². The number of methoxy groups -OCH3 is 1. The van der Waals surface area contributed by atoms with Crippen molar-refractivity contribution in [1.29, 1.82) is 0 Å². The summed E-state index contributed by atoms with van der Waals surface area (Å²) in [6, 6.07) is 11.3. The maximum atomic E-state index is 12.6. The number of hydrogen-bond donors (Lipinski definition) is 1. The molecular weight excluding hydrogens is 334 g/mol. The summed E-state index contributed by atoms with van der Waals surface area (Å²) in [4.78, 5) is 23.3. The summed E-state index contributed by atoms with van der Waals surface area (Å²) in [5.74, 6) is 0.239. The van der Waals surface area contributed by atoms with E-state index in [0.29, 0.717) is 40.9 Å². The number of ether oxygens (including phenoxy) is 1. The van der Waals surface area contributed by atoms with Crippen molar-refractivity contribution in [2.45, 2.75) is 12.8 Å². The van der Waals surface area contributed by atoms with Crippen LogP contribution in [0.25, 0.3) is 12.2 Å². The maximum Gasteiger partial charge on any atom is 0.276 e. The lowest BCUT2D eigenvalue weighted by molar-refractivity contribution is -0.385. The van der Waals surface area contributed by atoms with Crippen LogP contribution in [0.3, 0.4) is 0 Å². The molecule has 0 amide bonds. The molecule has 1 aliphatic rings. The van der Waals surface area contributed by atoms with Crippen molar-refractivity contribution in [3.8, 4) is 11.5 Å². The predicted octanol–water partition coefficient (Wildman–Crippen LogP) is 4.14. The number of allylic oxidation sites excluding steroid dienone is 2. The van der Waals surface area contributed by atoms with Gasteiger partial charge in [-0.2, -0.15) is 0 Å². The highest BCUT2D eigenvalue weighted by molar-refractivity contribution is 6.15. The van der Waals surface area contributed by atoms with Crippen molar-refractivity contribution in [1.82, 2.24) is 0 Å². The van der Waals surface area contributed by atoms with Crippen LogP contribution in [0.15, 0.2) is 53.6 Å². The van der Waals surface area contributed by atoms with Gasteiger partial charge in [-0.3, -0.25) is 14.9 Å². The van der Waals surface area contributed by atoms with Crippen LogP contribution in [0.5, 0.6) is 11.5 Å². The zero-order valence-corrected chi connectivity index (χ0v) is 14.1. The third-order valence-corrected chi connectivity index (χ3v) is 4.25. The molecule has 0 aromatic heterocycles. The highest BCUT2D eigenvalue weighted by Gasteiger charge is 2.24. The molecule has 3 rings (SSSR count). The average Bonchev–Trinajstić information content (AvgIpc) is 2.95. The summed E-state index contributed by atoms with van der Waals surface area (Å²) in [5, 5.41) is 21.0. The normalized spacial score (nSPS) is 17.0. The molecule has 0 heterocycles. The van der Waals surface area contributed by atoms with E-state index in [2.05, 4.69) is 0 Å². The van der Waals surface area contributed by atoms with Gasteiger partial charge in [0.2, 0.25) is 0 Å². The van der Waals surface area contributed by atoms with Crippen LogP contribution in [0.4, 0.5) is 5.69 Å². The van der Waals surface area contributed by atoms with Gasteiger partial charge in [0.25, 0.3) is 5.69 Å². The molecule has 6 heteroatoms. The lowest BCUT2D eigenvalue weighted by Crippen LogP contribution is -1.97. The highest BCUT2D eigenvalue weighted by Crippen LogP contribution is 2.33. The molecule has 1 N–H and O–H groups in total. The molecule has 2 aromatic carbocycles. The van der Waals surface area contributed by atoms with E-state index in [0.717, 1.165) is 0 Å². The number of phenolic OH excluding ortho intramolecular Hbond substituents is 1. The number of aromatic hydroxyl groups is 1. The van der Waals surface area contributed by atoms with Crippen molar-refractivity contribution in [2.75, 3.05) is 7.11 Å². The minimum atomic E-state index is -0.456. The van der Waals surface area contributed by atoms with Crippen LogP contribution in [-0.4, -0.2) is 22.9 Å². The second-order valence-electron chi connectivity index (χ2n) is 5.92. The fourth-order valence-corrected chi connectivity index (χ4v) is 2.94. The molecule has 0 atom stereocenters. The second-order valence-corrected chi connectivity index (χ2v) is 5.92. The van der Waals surface area contributed by atoms with Gasteiger partial charge in [-0.25, -0.2) is 0 Å². The quantitative estimate of drug-likeness (QED) is 0.508. The van der Waals surface area contributed by atoms with Crippen LogP contribution < -0.4 is 4.74 Å². The maximum absolute atomic E-state index is 12.6. The van der Waals surface area contributed by atoms with Crippen LogP contribution in [0, 0.1) is 10.1 Å². The Morgan fingerprint density at radius 1 is 1.12 bits per heavy atom. The first kappa shape index (κ1) is 17.4. The standard InChI is InChI=1S/C20H17NO5/c1-26-19-9-6-13(11-18(19)22)10-15-7-8-16(20(15)23)12-14-4-2-3-5-17(14)21(24)25/h2-6,9-12,22H,7-8H2,1H3/b15-10+,16-12+. The smallest absolute Gasteiger partial charge is 0.276 e. The number of nitrogens with zero attached hydrogens (tertiary/aromatic N) is 1. The Morgan fingerprint density at radius 3 is 2.46 bits per heavy atom. The molecular formula is C20H17NO5. The summed E-state index contributed by atoms with van der Waals surface area (Å²) >= 11 is 0. The highest BCUT2D eigenvalue weighted by atomic mass is 16.6. The number of nitro benzene ring substituents is 1. The van der Waals surface area contributed by atoms with Gasteiger partial charge in [0.1, 0.15) is 0 Å². The summed E-state index contributed by atoms with van der Waals surface area (Å²) in [6.07, 6.45) is 4.39. The van der Waals surface area contributed by atoms with E-state index in [-0.39, 0.29) is 17.2 Å². The molecule has 1 fully saturated rings. The molecule has 2 aromatic rings. The zero-order valence-electron chi connectivity index (χ0n) is 14.1. The first-order valence-electron chi connectivity index (χ1n) is 8.06. The number of rotatable bonds is 4. The Balaban J connectivity index is 1.89. The summed E-state index contributed by atoms with van der Waals surface area (Å²) < 4.78 is 5.00. The van der Waals surface area contributed by atoms with E-state index in [9.17, 15) is 20.0 Å². The zero-order chi connectivity index (χ0) is 18.7.